The van der Waals surface area contributed by atoms with Crippen molar-refractivity contribution in [3.8, 4) is 17.2 Å². The third-order valence-electron chi connectivity index (χ3n) is 1.94. The summed E-state index contributed by atoms with van der Waals surface area (Å²) in [6.07, 6.45) is 1.97. The SMILES string of the molecule is CSCc1noc(-c2ccc(O)c(Cl)c2)n1. The van der Waals surface area contributed by atoms with Gasteiger partial charge in [-0.15, -0.1) is 0 Å². The fraction of sp³-hybridized carbons (Fsp3) is 0.200. The second-order valence-electron chi connectivity index (χ2n) is 3.11. The van der Waals surface area contributed by atoms with E-state index in [2.05, 4.69) is 10.1 Å². The number of halogens is 1. The molecule has 0 aliphatic carbocycles. The van der Waals surface area contributed by atoms with Crippen molar-refractivity contribution in [2.45, 2.75) is 5.75 Å². The third-order valence-corrected chi connectivity index (χ3v) is 2.79. The summed E-state index contributed by atoms with van der Waals surface area (Å²) in [5.74, 6) is 1.79. The first-order valence-electron chi connectivity index (χ1n) is 4.51. The minimum atomic E-state index is 0.0364. The highest BCUT2D eigenvalue weighted by Gasteiger charge is 2.10. The maximum absolute atomic E-state index is 9.28. The second kappa shape index (κ2) is 4.76. The van der Waals surface area contributed by atoms with Gasteiger partial charge in [-0.3, -0.25) is 0 Å². The molecule has 0 aliphatic heterocycles. The van der Waals surface area contributed by atoms with E-state index < -0.39 is 0 Å². The summed E-state index contributed by atoms with van der Waals surface area (Å²) >= 11 is 7.41. The Balaban J connectivity index is 2.31. The minimum Gasteiger partial charge on any atom is -0.506 e. The molecule has 0 aliphatic rings. The lowest BCUT2D eigenvalue weighted by molar-refractivity contribution is 0.425. The van der Waals surface area contributed by atoms with Crippen molar-refractivity contribution in [2.75, 3.05) is 6.26 Å². The third kappa shape index (κ3) is 2.31. The van der Waals surface area contributed by atoms with Crippen LogP contribution in [0.15, 0.2) is 22.7 Å². The molecule has 4 nitrogen and oxygen atoms in total. The summed E-state index contributed by atoms with van der Waals surface area (Å²) in [5.41, 5.74) is 0.697. The largest absolute Gasteiger partial charge is 0.506 e. The predicted octanol–water partition coefficient (Wildman–Crippen LogP) is 2.96. The fourth-order valence-electron chi connectivity index (χ4n) is 1.20. The molecule has 0 spiro atoms. The Morgan fingerprint density at radius 3 is 3.00 bits per heavy atom. The van der Waals surface area contributed by atoms with E-state index in [0.717, 1.165) is 0 Å². The zero-order chi connectivity index (χ0) is 11.5. The van der Waals surface area contributed by atoms with Crippen molar-refractivity contribution in [1.29, 1.82) is 0 Å². The molecule has 1 heterocycles. The van der Waals surface area contributed by atoms with Gasteiger partial charge in [0.2, 0.25) is 0 Å². The van der Waals surface area contributed by atoms with Gasteiger partial charge in [-0.2, -0.15) is 16.7 Å². The Bertz CT molecular complexity index is 501. The fourth-order valence-corrected chi connectivity index (χ4v) is 1.75. The number of hydrogen-bond donors (Lipinski definition) is 1. The number of rotatable bonds is 3. The highest BCUT2D eigenvalue weighted by atomic mass is 35.5. The lowest BCUT2D eigenvalue weighted by atomic mass is 10.2. The Kier molecular flexibility index (Phi) is 3.36. The Morgan fingerprint density at radius 1 is 1.50 bits per heavy atom. The van der Waals surface area contributed by atoms with Crippen molar-refractivity contribution >= 4 is 23.4 Å². The van der Waals surface area contributed by atoms with Gasteiger partial charge < -0.3 is 9.63 Å². The van der Waals surface area contributed by atoms with Gasteiger partial charge in [-0.05, 0) is 24.5 Å². The number of phenolic OH excluding ortho intramolecular Hbond substituents is 1. The van der Waals surface area contributed by atoms with Gasteiger partial charge in [0.25, 0.3) is 5.89 Å². The first-order valence-corrected chi connectivity index (χ1v) is 6.28. The summed E-state index contributed by atoms with van der Waals surface area (Å²) < 4.78 is 5.08. The number of nitrogens with zero attached hydrogens (tertiary/aromatic N) is 2. The molecule has 1 aromatic heterocycles. The first-order chi connectivity index (χ1) is 7.70. The molecule has 0 atom stereocenters. The van der Waals surface area contributed by atoms with Crippen molar-refractivity contribution in [3.05, 3.63) is 29.0 Å². The van der Waals surface area contributed by atoms with E-state index in [9.17, 15) is 5.11 Å². The molecule has 1 aromatic carbocycles. The molecule has 0 saturated heterocycles. The van der Waals surface area contributed by atoms with Crippen LogP contribution in [0.1, 0.15) is 5.82 Å². The molecular weight excluding hydrogens is 248 g/mol. The molecular formula is C10H9ClN2O2S. The molecule has 6 heteroatoms. The molecule has 0 radical (unpaired) electrons. The van der Waals surface area contributed by atoms with Crippen LogP contribution in [-0.2, 0) is 5.75 Å². The summed E-state index contributed by atoms with van der Waals surface area (Å²) in [7, 11) is 0. The van der Waals surface area contributed by atoms with Gasteiger partial charge in [0.15, 0.2) is 5.82 Å². The van der Waals surface area contributed by atoms with Crippen LogP contribution >= 0.6 is 23.4 Å². The van der Waals surface area contributed by atoms with E-state index in [4.69, 9.17) is 16.1 Å². The lowest BCUT2D eigenvalue weighted by Crippen LogP contribution is -1.83. The summed E-state index contributed by atoms with van der Waals surface area (Å²) in [5, 5.41) is 13.4. The molecule has 2 rings (SSSR count). The van der Waals surface area contributed by atoms with Crippen LogP contribution in [0.2, 0.25) is 5.02 Å². The van der Waals surface area contributed by atoms with Crippen LogP contribution in [0.4, 0.5) is 0 Å². The maximum atomic E-state index is 9.28. The monoisotopic (exact) mass is 256 g/mol. The number of phenols is 1. The van der Waals surface area contributed by atoms with Gasteiger partial charge in [0.1, 0.15) is 5.75 Å². The van der Waals surface area contributed by atoms with Crippen molar-refractivity contribution in [2.24, 2.45) is 0 Å². The van der Waals surface area contributed by atoms with E-state index in [1.54, 1.807) is 23.9 Å². The van der Waals surface area contributed by atoms with Crippen LogP contribution in [0, 0.1) is 0 Å². The van der Waals surface area contributed by atoms with Crippen LogP contribution in [0.25, 0.3) is 11.5 Å². The van der Waals surface area contributed by atoms with Gasteiger partial charge >= 0.3 is 0 Å². The molecule has 0 bridgehead atoms. The van der Waals surface area contributed by atoms with Gasteiger partial charge in [0.05, 0.1) is 10.8 Å². The van der Waals surface area contributed by atoms with Crippen LogP contribution in [0.5, 0.6) is 5.75 Å². The number of hydrogen-bond acceptors (Lipinski definition) is 5. The topological polar surface area (TPSA) is 59.2 Å². The standard InChI is InChI=1S/C10H9ClN2O2S/c1-16-5-9-12-10(15-13-9)6-2-3-8(14)7(11)4-6/h2-4,14H,5H2,1H3. The molecule has 1 N–H and O–H groups in total. The molecule has 16 heavy (non-hydrogen) atoms. The Morgan fingerprint density at radius 2 is 2.31 bits per heavy atom. The Labute approximate surface area is 102 Å². The van der Waals surface area contributed by atoms with E-state index in [1.165, 1.54) is 6.07 Å². The summed E-state index contributed by atoms with van der Waals surface area (Å²) in [4.78, 5) is 4.20. The van der Waals surface area contributed by atoms with Crippen LogP contribution in [0.3, 0.4) is 0 Å². The smallest absolute Gasteiger partial charge is 0.258 e. The quantitative estimate of drug-likeness (QED) is 0.915. The zero-order valence-corrected chi connectivity index (χ0v) is 10.0. The van der Waals surface area contributed by atoms with Gasteiger partial charge in [0, 0.05) is 5.56 Å². The molecule has 0 unspecified atom stereocenters. The highest BCUT2D eigenvalue weighted by Crippen LogP contribution is 2.28. The van der Waals surface area contributed by atoms with E-state index in [-0.39, 0.29) is 10.8 Å². The number of thioether (sulfide) groups is 1. The maximum Gasteiger partial charge on any atom is 0.258 e. The van der Waals surface area contributed by atoms with Crippen molar-refractivity contribution in [3.63, 3.8) is 0 Å². The number of aromatic nitrogens is 2. The lowest BCUT2D eigenvalue weighted by Gasteiger charge is -1.97. The first kappa shape index (κ1) is 11.3. The van der Waals surface area contributed by atoms with Crippen molar-refractivity contribution < 1.29 is 9.63 Å². The van der Waals surface area contributed by atoms with Gasteiger partial charge in [-0.1, -0.05) is 16.8 Å². The summed E-state index contributed by atoms with van der Waals surface area (Å²) in [6.45, 7) is 0. The van der Waals surface area contributed by atoms with Crippen LogP contribution in [-0.4, -0.2) is 21.5 Å². The minimum absolute atomic E-state index is 0.0364. The average Bonchev–Trinajstić information content (AvgIpc) is 2.71. The molecule has 0 saturated carbocycles. The Hall–Kier alpha value is -1.20. The predicted molar refractivity (Wildman–Crippen MR) is 63.6 cm³/mol. The zero-order valence-electron chi connectivity index (χ0n) is 8.48. The van der Waals surface area contributed by atoms with E-state index >= 15 is 0 Å². The van der Waals surface area contributed by atoms with Crippen molar-refractivity contribution in [1.82, 2.24) is 10.1 Å². The average molecular weight is 257 g/mol. The highest BCUT2D eigenvalue weighted by molar-refractivity contribution is 7.97. The van der Waals surface area contributed by atoms with E-state index in [1.807, 2.05) is 6.26 Å². The van der Waals surface area contributed by atoms with Crippen LogP contribution < -0.4 is 0 Å². The number of aromatic hydroxyl groups is 1. The second-order valence-corrected chi connectivity index (χ2v) is 4.39. The molecule has 2 aromatic rings. The molecule has 0 amide bonds. The normalized spacial score (nSPS) is 10.6. The molecule has 0 fully saturated rings. The van der Waals surface area contributed by atoms with E-state index in [0.29, 0.717) is 23.0 Å². The molecule has 84 valence electrons. The van der Waals surface area contributed by atoms with Gasteiger partial charge in [-0.25, -0.2) is 0 Å². The summed E-state index contributed by atoms with van der Waals surface area (Å²) in [6, 6.07) is 4.76. The number of benzene rings is 1.